The maximum Gasteiger partial charge on any atom is 0.240 e. The van der Waals surface area contributed by atoms with Crippen molar-refractivity contribution in [3.05, 3.63) is 24.3 Å². The predicted octanol–water partition coefficient (Wildman–Crippen LogP) is 1.46. The Balaban J connectivity index is 1.89. The minimum atomic E-state index is -3.42. The topological polar surface area (TPSA) is 58.6 Å². The second kappa shape index (κ2) is 6.56. The van der Waals surface area contributed by atoms with Gasteiger partial charge in [0, 0.05) is 12.6 Å². The van der Waals surface area contributed by atoms with Crippen LogP contribution in [0.5, 0.6) is 5.75 Å². The Morgan fingerprint density at radius 3 is 2.60 bits per heavy atom. The summed E-state index contributed by atoms with van der Waals surface area (Å²) in [6.45, 7) is 1.58. The van der Waals surface area contributed by atoms with Crippen molar-refractivity contribution in [2.24, 2.45) is 0 Å². The molecule has 1 N–H and O–H groups in total. The van der Waals surface area contributed by atoms with E-state index in [-0.39, 0.29) is 4.90 Å². The van der Waals surface area contributed by atoms with Crippen LogP contribution in [0.3, 0.4) is 0 Å². The SMILES string of the molecule is COc1ccc(S(=O)(=O)NCC[C@@H]2CCCN2C)cc1. The van der Waals surface area contributed by atoms with Gasteiger partial charge in [0.2, 0.25) is 10.0 Å². The second-order valence-electron chi connectivity index (χ2n) is 5.14. The molecule has 112 valence electrons. The van der Waals surface area contributed by atoms with Crippen molar-refractivity contribution in [3.8, 4) is 5.75 Å². The summed E-state index contributed by atoms with van der Waals surface area (Å²) in [7, 11) is 0.230. The monoisotopic (exact) mass is 298 g/mol. The summed E-state index contributed by atoms with van der Waals surface area (Å²) in [5.41, 5.74) is 0. The molecule has 1 heterocycles. The van der Waals surface area contributed by atoms with Crippen LogP contribution in [0.4, 0.5) is 0 Å². The van der Waals surface area contributed by atoms with Crippen molar-refractivity contribution in [2.45, 2.75) is 30.2 Å². The van der Waals surface area contributed by atoms with Gasteiger partial charge in [0.1, 0.15) is 5.75 Å². The van der Waals surface area contributed by atoms with E-state index < -0.39 is 10.0 Å². The van der Waals surface area contributed by atoms with E-state index in [4.69, 9.17) is 4.74 Å². The molecular weight excluding hydrogens is 276 g/mol. The first-order valence-electron chi connectivity index (χ1n) is 6.87. The third-order valence-corrected chi connectivity index (χ3v) is 5.29. The van der Waals surface area contributed by atoms with Crippen LogP contribution in [0, 0.1) is 0 Å². The van der Waals surface area contributed by atoms with Crippen LogP contribution >= 0.6 is 0 Å². The van der Waals surface area contributed by atoms with Gasteiger partial charge in [-0.05, 0) is 57.1 Å². The lowest BCUT2D eigenvalue weighted by molar-refractivity contribution is 0.297. The van der Waals surface area contributed by atoms with Crippen molar-refractivity contribution in [2.75, 3.05) is 27.2 Å². The van der Waals surface area contributed by atoms with Crippen molar-refractivity contribution in [3.63, 3.8) is 0 Å². The zero-order valence-electron chi connectivity index (χ0n) is 12.0. The molecule has 0 radical (unpaired) electrons. The molecule has 0 spiro atoms. The van der Waals surface area contributed by atoms with Gasteiger partial charge in [-0.2, -0.15) is 0 Å². The Kier molecular flexibility index (Phi) is 5.01. The van der Waals surface area contributed by atoms with Gasteiger partial charge in [0.15, 0.2) is 0 Å². The lowest BCUT2D eigenvalue weighted by Crippen LogP contribution is -2.31. The van der Waals surface area contributed by atoms with Crippen LogP contribution in [0.1, 0.15) is 19.3 Å². The molecule has 1 atom stereocenters. The molecule has 5 nitrogen and oxygen atoms in total. The molecule has 1 aliphatic rings. The minimum Gasteiger partial charge on any atom is -0.497 e. The Bertz CT molecular complexity index is 528. The average molecular weight is 298 g/mol. The standard InChI is InChI=1S/C14H22N2O3S/c1-16-11-3-4-12(16)9-10-15-20(17,18)14-7-5-13(19-2)6-8-14/h5-8,12,15H,3-4,9-11H2,1-2H3/t12-/m0/s1. The van der Waals surface area contributed by atoms with Gasteiger partial charge < -0.3 is 9.64 Å². The molecule has 0 aromatic heterocycles. The largest absolute Gasteiger partial charge is 0.497 e. The van der Waals surface area contributed by atoms with Crippen LogP contribution < -0.4 is 9.46 Å². The third-order valence-electron chi connectivity index (χ3n) is 3.81. The van der Waals surface area contributed by atoms with Crippen LogP contribution in [0.15, 0.2) is 29.2 Å². The maximum absolute atomic E-state index is 12.1. The number of rotatable bonds is 6. The van der Waals surface area contributed by atoms with Gasteiger partial charge in [0.25, 0.3) is 0 Å². The highest BCUT2D eigenvalue weighted by Crippen LogP contribution is 2.18. The summed E-state index contributed by atoms with van der Waals surface area (Å²) in [5, 5.41) is 0. The Hall–Kier alpha value is -1.11. The number of nitrogens with zero attached hydrogens (tertiary/aromatic N) is 1. The maximum atomic E-state index is 12.1. The first kappa shape index (κ1) is 15.3. The lowest BCUT2D eigenvalue weighted by atomic mass is 10.1. The molecule has 0 bridgehead atoms. The molecule has 1 fully saturated rings. The van der Waals surface area contributed by atoms with E-state index >= 15 is 0 Å². The highest BCUT2D eigenvalue weighted by atomic mass is 32.2. The molecule has 6 heteroatoms. The fraction of sp³-hybridized carbons (Fsp3) is 0.571. The van der Waals surface area contributed by atoms with E-state index in [1.165, 1.54) is 6.42 Å². The van der Waals surface area contributed by atoms with Gasteiger partial charge in [-0.15, -0.1) is 0 Å². The van der Waals surface area contributed by atoms with Crippen LogP contribution in [-0.2, 0) is 10.0 Å². The fourth-order valence-electron chi connectivity index (χ4n) is 2.54. The summed E-state index contributed by atoms with van der Waals surface area (Å²) < 4.78 is 31.9. The summed E-state index contributed by atoms with van der Waals surface area (Å²) in [6.07, 6.45) is 3.21. The molecule has 20 heavy (non-hydrogen) atoms. The van der Waals surface area contributed by atoms with Gasteiger partial charge in [-0.25, -0.2) is 13.1 Å². The number of hydrogen-bond acceptors (Lipinski definition) is 4. The van der Waals surface area contributed by atoms with E-state index in [1.54, 1.807) is 31.4 Å². The summed E-state index contributed by atoms with van der Waals surface area (Å²) in [5.74, 6) is 0.650. The van der Waals surface area contributed by atoms with Crippen molar-refractivity contribution < 1.29 is 13.2 Å². The van der Waals surface area contributed by atoms with Crippen LogP contribution in [0.2, 0.25) is 0 Å². The molecule has 0 amide bonds. The molecule has 0 saturated carbocycles. The number of ether oxygens (including phenoxy) is 1. The Morgan fingerprint density at radius 2 is 2.05 bits per heavy atom. The van der Waals surface area contributed by atoms with Gasteiger partial charge in [-0.1, -0.05) is 0 Å². The minimum absolute atomic E-state index is 0.276. The van der Waals surface area contributed by atoms with Crippen molar-refractivity contribution in [1.29, 1.82) is 0 Å². The lowest BCUT2D eigenvalue weighted by Gasteiger charge is -2.19. The molecule has 1 aromatic rings. The molecule has 1 aromatic carbocycles. The van der Waals surface area contributed by atoms with Gasteiger partial charge >= 0.3 is 0 Å². The van der Waals surface area contributed by atoms with E-state index in [1.807, 2.05) is 0 Å². The number of likely N-dealkylation sites (tertiary alicyclic amines) is 1. The predicted molar refractivity (Wildman–Crippen MR) is 78.5 cm³/mol. The second-order valence-corrected chi connectivity index (χ2v) is 6.91. The van der Waals surface area contributed by atoms with Crippen molar-refractivity contribution >= 4 is 10.0 Å². The molecule has 1 aliphatic heterocycles. The third kappa shape index (κ3) is 3.71. The van der Waals surface area contributed by atoms with E-state index in [9.17, 15) is 8.42 Å². The first-order valence-corrected chi connectivity index (χ1v) is 8.35. The molecule has 0 aliphatic carbocycles. The zero-order chi connectivity index (χ0) is 14.6. The normalized spacial score (nSPS) is 20.2. The quantitative estimate of drug-likeness (QED) is 0.864. The molecular formula is C14H22N2O3S. The first-order chi connectivity index (χ1) is 9.53. The number of methoxy groups -OCH3 is 1. The highest BCUT2D eigenvalue weighted by molar-refractivity contribution is 7.89. The van der Waals surface area contributed by atoms with Crippen LogP contribution in [0.25, 0.3) is 0 Å². The number of benzene rings is 1. The van der Waals surface area contributed by atoms with E-state index in [2.05, 4.69) is 16.7 Å². The summed E-state index contributed by atoms with van der Waals surface area (Å²) in [4.78, 5) is 2.57. The van der Waals surface area contributed by atoms with E-state index in [0.717, 1.165) is 19.4 Å². The number of nitrogens with one attached hydrogen (secondary N) is 1. The van der Waals surface area contributed by atoms with Gasteiger partial charge in [-0.3, -0.25) is 0 Å². The summed E-state index contributed by atoms with van der Waals surface area (Å²) >= 11 is 0. The Morgan fingerprint density at radius 1 is 1.35 bits per heavy atom. The van der Waals surface area contributed by atoms with Gasteiger partial charge in [0.05, 0.1) is 12.0 Å². The molecule has 2 rings (SSSR count). The fourth-order valence-corrected chi connectivity index (χ4v) is 3.59. The summed E-state index contributed by atoms with van der Waals surface area (Å²) in [6, 6.07) is 6.92. The van der Waals surface area contributed by atoms with Crippen molar-refractivity contribution in [1.82, 2.24) is 9.62 Å². The zero-order valence-corrected chi connectivity index (χ0v) is 12.8. The van der Waals surface area contributed by atoms with Crippen LogP contribution in [-0.4, -0.2) is 46.6 Å². The Labute approximate surface area is 121 Å². The number of hydrogen-bond donors (Lipinski definition) is 1. The average Bonchev–Trinajstić information content (AvgIpc) is 2.84. The smallest absolute Gasteiger partial charge is 0.240 e. The van der Waals surface area contributed by atoms with E-state index in [0.29, 0.717) is 18.3 Å². The molecule has 1 saturated heterocycles. The highest BCUT2D eigenvalue weighted by Gasteiger charge is 2.21. The number of sulfonamides is 1. The molecule has 0 unspecified atom stereocenters.